The Bertz CT molecular complexity index is 518. The lowest BCUT2D eigenvalue weighted by Crippen LogP contribution is -2.70. The quantitative estimate of drug-likeness (QED) is 0.430. The first-order valence-corrected chi connectivity index (χ1v) is 8.63. The Morgan fingerprint density at radius 2 is 1.07 bits per heavy atom. The minimum atomic E-state index is -1.12. The van der Waals surface area contributed by atoms with Gasteiger partial charge < -0.3 is 19.7 Å². The molecule has 0 aromatic rings. The third kappa shape index (κ3) is 6.02. The van der Waals surface area contributed by atoms with Gasteiger partial charge >= 0.3 is 0 Å². The van der Waals surface area contributed by atoms with Crippen molar-refractivity contribution in [3.8, 4) is 0 Å². The summed E-state index contributed by atoms with van der Waals surface area (Å²) in [6.45, 7) is 8.82. The molecule has 0 aromatic heterocycles. The number of piperidine rings is 1. The summed E-state index contributed by atoms with van der Waals surface area (Å²) in [4.78, 5) is 45.1. The molecule has 1 heterocycles. The molecule has 0 amide bonds. The summed E-state index contributed by atoms with van der Waals surface area (Å²) in [5.41, 5.74) is -2.23. The van der Waals surface area contributed by atoms with E-state index in [0.29, 0.717) is 0 Å². The minimum absolute atomic E-state index is 0.492. The predicted molar refractivity (Wildman–Crippen MR) is 92.4 cm³/mol. The fourth-order valence-electron chi connectivity index (χ4n) is 3.70. The number of rotatable bonds is 9. The van der Waals surface area contributed by atoms with E-state index in [1.807, 2.05) is 13.8 Å². The van der Waals surface area contributed by atoms with Gasteiger partial charge in [0, 0.05) is 22.9 Å². The molecule has 1 saturated heterocycles. The first kappa shape index (κ1) is 25.5. The van der Waals surface area contributed by atoms with Gasteiger partial charge in [-0.3, -0.25) is 0 Å². The van der Waals surface area contributed by atoms with Crippen molar-refractivity contribution >= 4 is 0 Å². The third-order valence-electron chi connectivity index (χ3n) is 5.03. The maximum atomic E-state index is 10.6. The third-order valence-corrected chi connectivity index (χ3v) is 5.03. The molecule has 0 saturated carbocycles. The normalized spacial score (nSPS) is 25.6. The minimum Gasteiger partial charge on any atom is -0.314 e. The van der Waals surface area contributed by atoms with Crippen LogP contribution in [0.15, 0.2) is 0 Å². The van der Waals surface area contributed by atoms with E-state index in [1.54, 1.807) is 27.7 Å². The van der Waals surface area contributed by atoms with Gasteiger partial charge in [-0.05, 0) is 33.6 Å². The maximum Gasteiger partial charge on any atom is 0.294 e. The number of hydrogen-bond donors (Lipinski definition) is 1. The van der Waals surface area contributed by atoms with Gasteiger partial charge in [0.05, 0.1) is 0 Å². The Balaban J connectivity index is 0.00000352. The van der Waals surface area contributed by atoms with E-state index in [2.05, 4.69) is 14.5 Å². The smallest absolute Gasteiger partial charge is 0.294 e. The van der Waals surface area contributed by atoms with Crippen LogP contribution in [0.5, 0.6) is 0 Å². The lowest BCUT2D eigenvalue weighted by atomic mass is 9.62. The number of nitrogens with zero attached hydrogens (tertiary/aromatic N) is 4. The Morgan fingerprint density at radius 1 is 0.786 bits per heavy atom. The first-order valence-electron chi connectivity index (χ1n) is 8.63. The molecule has 164 valence electrons. The highest BCUT2D eigenvalue weighted by Crippen LogP contribution is 2.48. The van der Waals surface area contributed by atoms with Gasteiger partial charge in [0.2, 0.25) is 0 Å². The van der Waals surface area contributed by atoms with Crippen LogP contribution in [0.3, 0.4) is 0 Å². The van der Waals surface area contributed by atoms with Crippen LogP contribution in [0.25, 0.3) is 0 Å². The van der Waals surface area contributed by atoms with Crippen LogP contribution in [0, 0.1) is 48.1 Å². The van der Waals surface area contributed by atoms with Gasteiger partial charge in [0.1, 0.15) is 19.8 Å². The zero-order chi connectivity index (χ0) is 22.3. The standard InChI is InChI=1S/C12H22N4O10.C2H6/c1-11(2)9(6-25-15(20)21)8(5-24-14(18)19)10(7-26-16(22)23)12(3,4)13(11)17;1-2/h8-10,17H,5-7H2,1-4H3;1-2H3. The average molecular weight is 412 g/mol. The summed E-state index contributed by atoms with van der Waals surface area (Å²) in [6, 6.07) is 0. The Hall–Kier alpha value is -2.48. The highest BCUT2D eigenvalue weighted by atomic mass is 17.0. The summed E-state index contributed by atoms with van der Waals surface area (Å²) < 4.78 is 0. The highest BCUT2D eigenvalue weighted by molar-refractivity contribution is 5.05. The van der Waals surface area contributed by atoms with E-state index in [-0.39, 0.29) is 0 Å². The van der Waals surface area contributed by atoms with Gasteiger partial charge in [-0.2, -0.15) is 5.06 Å². The van der Waals surface area contributed by atoms with Crippen molar-refractivity contribution in [1.82, 2.24) is 5.06 Å². The molecule has 14 heteroatoms. The fraction of sp³-hybridized carbons (Fsp3) is 1.00. The molecule has 0 spiro atoms. The van der Waals surface area contributed by atoms with Crippen LogP contribution in [-0.2, 0) is 14.5 Å². The van der Waals surface area contributed by atoms with E-state index in [4.69, 9.17) is 0 Å². The molecule has 1 rings (SSSR count). The van der Waals surface area contributed by atoms with E-state index < -0.39 is 63.9 Å². The lowest BCUT2D eigenvalue weighted by Gasteiger charge is -2.59. The number of hydrogen-bond acceptors (Lipinski definition) is 11. The van der Waals surface area contributed by atoms with Crippen LogP contribution in [0.2, 0.25) is 0 Å². The van der Waals surface area contributed by atoms with E-state index in [1.165, 1.54) is 0 Å². The van der Waals surface area contributed by atoms with Crippen LogP contribution in [0.1, 0.15) is 41.5 Å². The van der Waals surface area contributed by atoms with Gasteiger partial charge in [-0.25, -0.2) is 0 Å². The molecule has 14 nitrogen and oxygen atoms in total. The van der Waals surface area contributed by atoms with E-state index in [0.717, 1.165) is 5.06 Å². The van der Waals surface area contributed by atoms with Gasteiger partial charge in [-0.1, -0.05) is 13.8 Å². The van der Waals surface area contributed by atoms with Crippen molar-refractivity contribution in [2.75, 3.05) is 19.8 Å². The molecule has 28 heavy (non-hydrogen) atoms. The van der Waals surface area contributed by atoms with Crippen molar-refractivity contribution in [3.05, 3.63) is 30.3 Å². The second kappa shape index (κ2) is 10.2. The molecular weight excluding hydrogens is 384 g/mol. The summed E-state index contributed by atoms with van der Waals surface area (Å²) in [7, 11) is 0. The molecule has 0 aliphatic carbocycles. The second-order valence-electron chi connectivity index (χ2n) is 7.05. The van der Waals surface area contributed by atoms with E-state index in [9.17, 15) is 35.6 Å². The largest absolute Gasteiger partial charge is 0.314 e. The predicted octanol–water partition coefficient (Wildman–Crippen LogP) is 1.75. The summed E-state index contributed by atoms with van der Waals surface area (Å²) in [6.07, 6.45) is 0. The molecule has 2 atom stereocenters. The Kier molecular flexibility index (Phi) is 9.27. The van der Waals surface area contributed by atoms with Crippen LogP contribution >= 0.6 is 0 Å². The fourth-order valence-corrected chi connectivity index (χ4v) is 3.70. The Labute approximate surface area is 161 Å². The Morgan fingerprint density at radius 3 is 1.36 bits per heavy atom. The van der Waals surface area contributed by atoms with Gasteiger partial charge in [0.25, 0.3) is 15.3 Å². The van der Waals surface area contributed by atoms with E-state index >= 15 is 0 Å². The average Bonchev–Trinajstić information content (AvgIpc) is 2.58. The van der Waals surface area contributed by atoms with Gasteiger partial charge in [-0.15, -0.1) is 30.3 Å². The molecule has 1 N–H and O–H groups in total. The van der Waals surface area contributed by atoms with Crippen LogP contribution in [0.4, 0.5) is 0 Å². The maximum absolute atomic E-state index is 10.6. The summed E-state index contributed by atoms with van der Waals surface area (Å²) in [5, 5.41) is 40.3. The molecular formula is C14H28N4O10. The van der Waals surface area contributed by atoms with Crippen molar-refractivity contribution in [1.29, 1.82) is 0 Å². The molecule has 0 radical (unpaired) electrons. The zero-order valence-electron chi connectivity index (χ0n) is 16.8. The van der Waals surface area contributed by atoms with Crippen LogP contribution in [-0.4, -0.2) is 56.4 Å². The topological polar surface area (TPSA) is 181 Å². The summed E-state index contributed by atoms with van der Waals surface area (Å²) >= 11 is 0. The molecule has 0 bridgehead atoms. The SMILES string of the molecule is CC.CC1(C)C(CO[N+](=O)[O-])C(CO[N+](=O)[O-])C(CO[N+](=O)[O-])C(C)(C)N1O. The second-order valence-corrected chi connectivity index (χ2v) is 7.05. The van der Waals surface area contributed by atoms with Crippen molar-refractivity contribution in [2.45, 2.75) is 52.6 Å². The molecule has 1 aliphatic heterocycles. The van der Waals surface area contributed by atoms with Crippen molar-refractivity contribution < 1.29 is 35.0 Å². The number of hydroxylamine groups is 2. The molecule has 1 fully saturated rings. The summed E-state index contributed by atoms with van der Waals surface area (Å²) in [5.74, 6) is -2.47. The zero-order valence-corrected chi connectivity index (χ0v) is 16.8. The monoisotopic (exact) mass is 412 g/mol. The molecule has 2 unspecified atom stereocenters. The van der Waals surface area contributed by atoms with Crippen LogP contribution < -0.4 is 0 Å². The van der Waals surface area contributed by atoms with Crippen molar-refractivity contribution in [2.24, 2.45) is 17.8 Å². The lowest BCUT2D eigenvalue weighted by molar-refractivity contribution is -0.767. The molecule has 0 aromatic carbocycles. The molecule has 1 aliphatic rings. The highest BCUT2D eigenvalue weighted by Gasteiger charge is 2.57. The van der Waals surface area contributed by atoms with Crippen molar-refractivity contribution in [3.63, 3.8) is 0 Å². The van der Waals surface area contributed by atoms with Gasteiger partial charge in [0.15, 0.2) is 0 Å². The first-order chi connectivity index (χ1) is 12.8.